The number of sulfonamides is 1. The average Bonchev–Trinajstić information content (AvgIpc) is 2.96. The van der Waals surface area contributed by atoms with Crippen LogP contribution in [0.5, 0.6) is 5.75 Å². The number of benzene rings is 1. The number of carbonyl (C=O) groups excluding carboxylic acids is 1. The lowest BCUT2D eigenvalue weighted by Gasteiger charge is -2.10. The Morgan fingerprint density at radius 1 is 1.27 bits per heavy atom. The second-order valence-electron chi connectivity index (χ2n) is 4.06. The van der Waals surface area contributed by atoms with Gasteiger partial charge in [-0.25, -0.2) is 13.2 Å². The van der Waals surface area contributed by atoms with Crippen molar-refractivity contribution in [1.82, 2.24) is 0 Å². The Labute approximate surface area is 136 Å². The summed E-state index contributed by atoms with van der Waals surface area (Å²) in [4.78, 5) is 11.5. The van der Waals surface area contributed by atoms with E-state index in [2.05, 4.69) is 9.46 Å². The molecule has 0 aliphatic rings. The average molecular weight is 362 g/mol. The van der Waals surface area contributed by atoms with Gasteiger partial charge in [0.15, 0.2) is 0 Å². The lowest BCUT2D eigenvalue weighted by molar-refractivity contribution is 0.0602. The van der Waals surface area contributed by atoms with Gasteiger partial charge in [-0.2, -0.15) is 0 Å². The number of esters is 1. The zero-order valence-corrected chi connectivity index (χ0v) is 14.0. The highest BCUT2D eigenvalue weighted by Crippen LogP contribution is 2.30. The molecule has 6 nitrogen and oxygen atoms in total. The van der Waals surface area contributed by atoms with Crippen molar-refractivity contribution in [2.24, 2.45) is 0 Å². The summed E-state index contributed by atoms with van der Waals surface area (Å²) >= 11 is 6.94. The molecular weight excluding hydrogens is 350 g/mol. The fourth-order valence-corrected chi connectivity index (χ4v) is 4.33. The zero-order valence-electron chi connectivity index (χ0n) is 11.6. The van der Waals surface area contributed by atoms with Crippen molar-refractivity contribution in [1.29, 1.82) is 0 Å². The number of ether oxygens (including phenoxy) is 2. The highest BCUT2D eigenvalue weighted by molar-refractivity contribution is 7.93. The number of anilines is 1. The van der Waals surface area contributed by atoms with Gasteiger partial charge in [-0.05, 0) is 29.6 Å². The molecule has 0 saturated carbocycles. The number of nitrogens with one attached hydrogen (secondary N) is 1. The number of methoxy groups -OCH3 is 2. The van der Waals surface area contributed by atoms with E-state index in [-0.39, 0.29) is 20.5 Å². The first-order chi connectivity index (χ1) is 10.4. The molecule has 9 heteroatoms. The molecule has 0 amide bonds. The first kappa shape index (κ1) is 16.6. The number of thiophene rings is 1. The Balaban J connectivity index is 2.34. The molecule has 0 unspecified atom stereocenters. The van der Waals surface area contributed by atoms with Crippen molar-refractivity contribution in [3.63, 3.8) is 0 Å². The normalized spacial score (nSPS) is 11.0. The maximum atomic E-state index is 12.4. The van der Waals surface area contributed by atoms with Crippen LogP contribution in [0.1, 0.15) is 9.67 Å². The smallest absolute Gasteiger partial charge is 0.349 e. The summed E-state index contributed by atoms with van der Waals surface area (Å²) in [5, 5.41) is 1.77. The maximum absolute atomic E-state index is 12.4. The summed E-state index contributed by atoms with van der Waals surface area (Å²) in [5.74, 6) is -0.279. The van der Waals surface area contributed by atoms with E-state index < -0.39 is 16.0 Å². The summed E-state index contributed by atoms with van der Waals surface area (Å²) in [6.07, 6.45) is 0. The minimum Gasteiger partial charge on any atom is -0.495 e. The van der Waals surface area contributed by atoms with Gasteiger partial charge in [0.1, 0.15) is 15.5 Å². The van der Waals surface area contributed by atoms with E-state index in [1.807, 2.05) is 0 Å². The molecule has 2 aromatic rings. The SMILES string of the molecule is COC(=O)c1sccc1S(=O)(=O)Nc1ccc(OC)c(Cl)c1. The molecule has 1 N–H and O–H groups in total. The highest BCUT2D eigenvalue weighted by Gasteiger charge is 2.24. The topological polar surface area (TPSA) is 81.7 Å². The van der Waals surface area contributed by atoms with Crippen LogP contribution in [-0.2, 0) is 14.8 Å². The van der Waals surface area contributed by atoms with E-state index in [0.717, 1.165) is 11.3 Å². The van der Waals surface area contributed by atoms with E-state index in [1.165, 1.54) is 43.9 Å². The fourth-order valence-electron chi connectivity index (χ4n) is 1.69. The number of hydrogen-bond donors (Lipinski definition) is 1. The minimum atomic E-state index is -3.93. The summed E-state index contributed by atoms with van der Waals surface area (Å²) in [5.41, 5.74) is 0.257. The lowest BCUT2D eigenvalue weighted by Crippen LogP contribution is -2.15. The molecule has 0 aliphatic heterocycles. The zero-order chi connectivity index (χ0) is 16.3. The quantitative estimate of drug-likeness (QED) is 0.828. The molecule has 118 valence electrons. The predicted molar refractivity (Wildman–Crippen MR) is 84.5 cm³/mol. The van der Waals surface area contributed by atoms with Crippen LogP contribution in [0.2, 0.25) is 5.02 Å². The van der Waals surface area contributed by atoms with Crippen molar-refractivity contribution in [3.8, 4) is 5.75 Å². The second-order valence-corrected chi connectivity index (χ2v) is 7.03. The third-order valence-electron chi connectivity index (χ3n) is 2.69. The Kier molecular flexibility index (Phi) is 4.94. The van der Waals surface area contributed by atoms with E-state index in [4.69, 9.17) is 16.3 Å². The maximum Gasteiger partial charge on any atom is 0.349 e. The minimum absolute atomic E-state index is 0.00890. The van der Waals surface area contributed by atoms with Crippen LogP contribution in [0, 0.1) is 0 Å². The van der Waals surface area contributed by atoms with Gasteiger partial charge in [0.2, 0.25) is 0 Å². The molecule has 0 aliphatic carbocycles. The summed E-state index contributed by atoms with van der Waals surface area (Å²) in [6.45, 7) is 0. The summed E-state index contributed by atoms with van der Waals surface area (Å²) in [6, 6.07) is 5.80. The number of halogens is 1. The second kappa shape index (κ2) is 6.55. The van der Waals surface area contributed by atoms with Crippen LogP contribution in [-0.4, -0.2) is 28.6 Å². The summed E-state index contributed by atoms with van der Waals surface area (Å²) in [7, 11) is -1.28. The van der Waals surface area contributed by atoms with E-state index >= 15 is 0 Å². The Morgan fingerprint density at radius 3 is 2.59 bits per heavy atom. The lowest BCUT2D eigenvalue weighted by atomic mass is 10.3. The standard InChI is InChI=1S/C13H12ClNO5S2/c1-19-10-4-3-8(7-9(10)14)15-22(17,18)11-5-6-21-12(11)13(16)20-2/h3-7,15H,1-2H3. The van der Waals surface area contributed by atoms with Crippen LogP contribution in [0.3, 0.4) is 0 Å². The Morgan fingerprint density at radius 2 is 2.00 bits per heavy atom. The van der Waals surface area contributed by atoms with Crippen LogP contribution >= 0.6 is 22.9 Å². The molecule has 0 atom stereocenters. The Hall–Kier alpha value is -1.77. The molecule has 1 aromatic carbocycles. The number of hydrogen-bond acceptors (Lipinski definition) is 6. The monoisotopic (exact) mass is 361 g/mol. The third-order valence-corrected chi connectivity index (χ3v) is 5.44. The van der Waals surface area contributed by atoms with Gasteiger partial charge in [-0.1, -0.05) is 11.6 Å². The largest absolute Gasteiger partial charge is 0.495 e. The molecule has 0 fully saturated rings. The highest BCUT2D eigenvalue weighted by atomic mass is 35.5. The van der Waals surface area contributed by atoms with Gasteiger partial charge in [0.05, 0.1) is 24.9 Å². The first-order valence-corrected chi connectivity index (χ1v) is 8.65. The molecule has 0 saturated heterocycles. The predicted octanol–water partition coefficient (Wildman–Crippen LogP) is 3.00. The van der Waals surface area contributed by atoms with Gasteiger partial charge in [-0.15, -0.1) is 11.3 Å². The van der Waals surface area contributed by atoms with Gasteiger partial charge in [-0.3, -0.25) is 4.72 Å². The van der Waals surface area contributed by atoms with Crippen molar-refractivity contribution in [2.75, 3.05) is 18.9 Å². The molecule has 0 spiro atoms. The summed E-state index contributed by atoms with van der Waals surface area (Å²) < 4.78 is 36.7. The first-order valence-electron chi connectivity index (χ1n) is 5.91. The van der Waals surface area contributed by atoms with Crippen molar-refractivity contribution in [2.45, 2.75) is 4.90 Å². The van der Waals surface area contributed by atoms with Gasteiger partial charge in [0, 0.05) is 0 Å². The number of carbonyl (C=O) groups is 1. The van der Waals surface area contributed by atoms with E-state index in [0.29, 0.717) is 5.75 Å². The number of rotatable bonds is 5. The van der Waals surface area contributed by atoms with Crippen LogP contribution in [0.15, 0.2) is 34.5 Å². The molecular formula is C13H12ClNO5S2. The van der Waals surface area contributed by atoms with Crippen molar-refractivity contribution >= 4 is 44.6 Å². The molecule has 1 heterocycles. The van der Waals surface area contributed by atoms with Crippen molar-refractivity contribution in [3.05, 3.63) is 39.5 Å². The van der Waals surface area contributed by atoms with Crippen LogP contribution in [0.4, 0.5) is 5.69 Å². The van der Waals surface area contributed by atoms with E-state index in [9.17, 15) is 13.2 Å². The Bertz CT molecular complexity index is 801. The van der Waals surface area contributed by atoms with Crippen LogP contribution in [0.25, 0.3) is 0 Å². The molecule has 1 aromatic heterocycles. The van der Waals surface area contributed by atoms with Crippen molar-refractivity contribution < 1.29 is 22.7 Å². The molecule has 2 rings (SSSR count). The van der Waals surface area contributed by atoms with Gasteiger partial charge in [0.25, 0.3) is 10.0 Å². The molecule has 0 bridgehead atoms. The third kappa shape index (κ3) is 3.34. The fraction of sp³-hybridized carbons (Fsp3) is 0.154. The van der Waals surface area contributed by atoms with Gasteiger partial charge >= 0.3 is 5.97 Å². The molecule has 22 heavy (non-hydrogen) atoms. The van der Waals surface area contributed by atoms with Crippen LogP contribution < -0.4 is 9.46 Å². The van der Waals surface area contributed by atoms with Gasteiger partial charge < -0.3 is 9.47 Å². The van der Waals surface area contributed by atoms with E-state index in [1.54, 1.807) is 0 Å². The molecule has 0 radical (unpaired) electrons.